The molecule has 1 saturated heterocycles. The predicted octanol–water partition coefficient (Wildman–Crippen LogP) is 3.00. The van der Waals surface area contributed by atoms with Crippen LogP contribution in [0.2, 0.25) is 0 Å². The quantitative estimate of drug-likeness (QED) is 0.828. The van der Waals surface area contributed by atoms with Crippen LogP contribution in [0.4, 0.5) is 18.9 Å². The fraction of sp³-hybridized carbons (Fsp3) is 0.500. The van der Waals surface area contributed by atoms with E-state index in [0.29, 0.717) is 31.9 Å². The fourth-order valence-electron chi connectivity index (χ4n) is 2.69. The van der Waals surface area contributed by atoms with Crippen molar-refractivity contribution >= 4 is 17.5 Å². The number of piperidine rings is 1. The molecule has 0 aliphatic carbocycles. The molecular formula is C16H19F3N2O3. The van der Waals surface area contributed by atoms with Crippen molar-refractivity contribution in [1.82, 2.24) is 4.90 Å². The SMILES string of the molecule is CCC(=O)N1CCC[C@@H](C(=O)Nc2cc(C(F)(F)F)ccc2O)C1. The van der Waals surface area contributed by atoms with E-state index < -0.39 is 29.3 Å². The number of carbonyl (C=O) groups excluding carboxylic acids is 2. The van der Waals surface area contributed by atoms with Crippen molar-refractivity contribution in [3.8, 4) is 5.75 Å². The first-order chi connectivity index (χ1) is 11.2. The molecule has 8 heteroatoms. The highest BCUT2D eigenvalue weighted by Crippen LogP contribution is 2.34. The zero-order chi connectivity index (χ0) is 17.9. The number of rotatable bonds is 3. The molecular weight excluding hydrogens is 325 g/mol. The first-order valence-corrected chi connectivity index (χ1v) is 7.71. The molecule has 1 fully saturated rings. The number of hydrogen-bond acceptors (Lipinski definition) is 3. The Bertz CT molecular complexity index is 631. The number of nitrogens with one attached hydrogen (secondary N) is 1. The number of hydrogen-bond donors (Lipinski definition) is 2. The van der Waals surface area contributed by atoms with Crippen LogP contribution in [0.3, 0.4) is 0 Å². The van der Waals surface area contributed by atoms with Crippen LogP contribution in [0.25, 0.3) is 0 Å². The lowest BCUT2D eigenvalue weighted by Crippen LogP contribution is -2.43. The number of halogens is 3. The molecule has 2 N–H and O–H groups in total. The Balaban J connectivity index is 2.10. The van der Waals surface area contributed by atoms with Crippen LogP contribution in [0.15, 0.2) is 18.2 Å². The van der Waals surface area contributed by atoms with E-state index >= 15 is 0 Å². The zero-order valence-corrected chi connectivity index (χ0v) is 13.2. The third-order valence-electron chi connectivity index (χ3n) is 4.03. The van der Waals surface area contributed by atoms with E-state index in [1.807, 2.05) is 0 Å². The van der Waals surface area contributed by atoms with E-state index in [0.717, 1.165) is 12.1 Å². The van der Waals surface area contributed by atoms with Crippen LogP contribution in [-0.2, 0) is 15.8 Å². The molecule has 1 aliphatic heterocycles. The third-order valence-corrected chi connectivity index (χ3v) is 4.03. The summed E-state index contributed by atoms with van der Waals surface area (Å²) >= 11 is 0. The topological polar surface area (TPSA) is 69.6 Å². The molecule has 24 heavy (non-hydrogen) atoms. The lowest BCUT2D eigenvalue weighted by atomic mass is 9.96. The predicted molar refractivity (Wildman–Crippen MR) is 81.3 cm³/mol. The van der Waals surface area contributed by atoms with Gasteiger partial charge in [0.15, 0.2) is 0 Å². The summed E-state index contributed by atoms with van der Waals surface area (Å²) in [4.78, 5) is 25.6. The molecule has 0 aromatic heterocycles. The summed E-state index contributed by atoms with van der Waals surface area (Å²) in [7, 11) is 0. The minimum Gasteiger partial charge on any atom is -0.506 e. The number of phenolic OH excluding ortho intramolecular Hbond substituents is 1. The van der Waals surface area contributed by atoms with Crippen molar-refractivity contribution < 1.29 is 27.9 Å². The van der Waals surface area contributed by atoms with Crippen LogP contribution in [0.1, 0.15) is 31.7 Å². The lowest BCUT2D eigenvalue weighted by Gasteiger charge is -2.32. The zero-order valence-electron chi connectivity index (χ0n) is 13.2. The largest absolute Gasteiger partial charge is 0.506 e. The van der Waals surface area contributed by atoms with E-state index in [9.17, 15) is 27.9 Å². The van der Waals surface area contributed by atoms with Crippen molar-refractivity contribution in [2.45, 2.75) is 32.4 Å². The van der Waals surface area contributed by atoms with E-state index in [2.05, 4.69) is 5.32 Å². The van der Waals surface area contributed by atoms with E-state index in [1.165, 1.54) is 0 Å². The Morgan fingerprint density at radius 2 is 2.08 bits per heavy atom. The summed E-state index contributed by atoms with van der Waals surface area (Å²) in [5.74, 6) is -1.51. The molecule has 0 saturated carbocycles. The van der Waals surface area contributed by atoms with Gasteiger partial charge in [0.1, 0.15) is 5.75 Å². The summed E-state index contributed by atoms with van der Waals surface area (Å²) < 4.78 is 38.2. The molecule has 0 unspecified atom stereocenters. The molecule has 1 aromatic carbocycles. The van der Waals surface area contributed by atoms with Crippen molar-refractivity contribution in [3.05, 3.63) is 23.8 Å². The van der Waals surface area contributed by atoms with Crippen LogP contribution < -0.4 is 5.32 Å². The summed E-state index contributed by atoms with van der Waals surface area (Å²) in [6, 6.07) is 2.34. The molecule has 1 atom stereocenters. The van der Waals surface area contributed by atoms with Crippen LogP contribution in [-0.4, -0.2) is 34.9 Å². The molecule has 2 amide bonds. The van der Waals surface area contributed by atoms with Crippen molar-refractivity contribution in [3.63, 3.8) is 0 Å². The van der Waals surface area contributed by atoms with Gasteiger partial charge in [0, 0.05) is 19.5 Å². The van der Waals surface area contributed by atoms with E-state index in [-0.39, 0.29) is 18.1 Å². The second-order valence-electron chi connectivity index (χ2n) is 5.75. The molecule has 132 valence electrons. The maximum atomic E-state index is 12.7. The third kappa shape index (κ3) is 4.18. The van der Waals surface area contributed by atoms with Gasteiger partial charge in [-0.15, -0.1) is 0 Å². The number of anilines is 1. The highest BCUT2D eigenvalue weighted by molar-refractivity contribution is 5.94. The number of nitrogens with zero attached hydrogens (tertiary/aromatic N) is 1. The minimum absolute atomic E-state index is 0.0607. The molecule has 2 rings (SSSR count). The lowest BCUT2D eigenvalue weighted by molar-refractivity contribution is -0.138. The number of likely N-dealkylation sites (tertiary alicyclic amines) is 1. The van der Waals surface area contributed by atoms with Crippen molar-refractivity contribution in [1.29, 1.82) is 0 Å². The summed E-state index contributed by atoms with van der Waals surface area (Å²) in [5.41, 5.74) is -1.24. The van der Waals surface area contributed by atoms with Gasteiger partial charge in [-0.2, -0.15) is 13.2 Å². The fourth-order valence-corrected chi connectivity index (χ4v) is 2.69. The van der Waals surface area contributed by atoms with Gasteiger partial charge in [-0.3, -0.25) is 9.59 Å². The number of carbonyl (C=O) groups is 2. The maximum absolute atomic E-state index is 12.7. The summed E-state index contributed by atoms with van der Waals surface area (Å²) in [5, 5.41) is 12.0. The van der Waals surface area contributed by atoms with Gasteiger partial charge >= 0.3 is 6.18 Å². The Kier molecular flexibility index (Phi) is 5.36. The van der Waals surface area contributed by atoms with Gasteiger partial charge in [-0.1, -0.05) is 6.92 Å². The molecule has 5 nitrogen and oxygen atoms in total. The van der Waals surface area contributed by atoms with Gasteiger partial charge < -0.3 is 15.3 Å². The first kappa shape index (κ1) is 18.1. The first-order valence-electron chi connectivity index (χ1n) is 7.71. The molecule has 0 spiro atoms. The number of alkyl halides is 3. The van der Waals surface area contributed by atoms with Gasteiger partial charge in [0.05, 0.1) is 17.2 Å². The Hall–Kier alpha value is -2.25. The van der Waals surface area contributed by atoms with Gasteiger partial charge in [-0.05, 0) is 31.0 Å². The van der Waals surface area contributed by atoms with Crippen molar-refractivity contribution in [2.75, 3.05) is 18.4 Å². The number of amides is 2. The molecule has 1 aromatic rings. The van der Waals surface area contributed by atoms with E-state index in [1.54, 1.807) is 11.8 Å². The Morgan fingerprint density at radius 3 is 2.71 bits per heavy atom. The maximum Gasteiger partial charge on any atom is 0.416 e. The van der Waals surface area contributed by atoms with Crippen LogP contribution in [0.5, 0.6) is 5.75 Å². The van der Waals surface area contributed by atoms with E-state index in [4.69, 9.17) is 0 Å². The van der Waals surface area contributed by atoms with Crippen LogP contribution in [0, 0.1) is 5.92 Å². The van der Waals surface area contributed by atoms with Gasteiger partial charge in [0.25, 0.3) is 0 Å². The Morgan fingerprint density at radius 1 is 1.38 bits per heavy atom. The molecule has 1 heterocycles. The monoisotopic (exact) mass is 344 g/mol. The molecule has 0 bridgehead atoms. The average molecular weight is 344 g/mol. The smallest absolute Gasteiger partial charge is 0.416 e. The highest BCUT2D eigenvalue weighted by atomic mass is 19.4. The Labute approximate surface area is 137 Å². The molecule has 0 radical (unpaired) electrons. The van der Waals surface area contributed by atoms with Gasteiger partial charge in [0.2, 0.25) is 11.8 Å². The molecule has 1 aliphatic rings. The highest BCUT2D eigenvalue weighted by Gasteiger charge is 2.32. The number of aromatic hydroxyl groups is 1. The number of phenols is 1. The van der Waals surface area contributed by atoms with Crippen molar-refractivity contribution in [2.24, 2.45) is 5.92 Å². The summed E-state index contributed by atoms with van der Waals surface area (Å²) in [6.45, 7) is 2.54. The minimum atomic E-state index is -4.57. The standard InChI is InChI=1S/C16H19F3N2O3/c1-2-14(23)21-7-3-4-10(9-21)15(24)20-12-8-11(16(17,18)19)5-6-13(12)22/h5-6,8,10,22H,2-4,7,9H2,1H3,(H,20,24)/t10-/m1/s1. The average Bonchev–Trinajstić information content (AvgIpc) is 2.55. The van der Waals surface area contributed by atoms with Crippen LogP contribution >= 0.6 is 0 Å². The van der Waals surface area contributed by atoms with Gasteiger partial charge in [-0.25, -0.2) is 0 Å². The second-order valence-corrected chi connectivity index (χ2v) is 5.75. The normalized spacial score (nSPS) is 18.3. The summed E-state index contributed by atoms with van der Waals surface area (Å²) in [6.07, 6.45) is -3.04. The number of benzene rings is 1. The second kappa shape index (κ2) is 7.11.